The number of aromatic nitrogens is 3. The average molecular weight is 452 g/mol. The van der Waals surface area contributed by atoms with Crippen LogP contribution in [0, 0.1) is 0 Å². The molecule has 0 N–H and O–H groups in total. The van der Waals surface area contributed by atoms with E-state index in [4.69, 9.17) is 0 Å². The molecule has 0 aliphatic carbocycles. The molecular weight excluding hydrogens is 443 g/mol. The van der Waals surface area contributed by atoms with Crippen molar-refractivity contribution < 1.29 is 13.2 Å². The molecule has 4 rings (SSSR count). The first-order valence-electron chi connectivity index (χ1n) is 7.65. The topological polar surface area (TPSA) is 47.8 Å². The van der Waals surface area contributed by atoms with E-state index in [1.165, 1.54) is 18.2 Å². The number of hydrogen-bond acceptors (Lipinski definition) is 4. The molecule has 9 heteroatoms. The number of rotatable bonds is 2. The number of nitrogens with zero attached hydrogens (tertiary/aromatic N) is 3. The Morgan fingerprint density at radius 3 is 2.41 bits per heavy atom. The van der Waals surface area contributed by atoms with E-state index in [1.54, 1.807) is 35.7 Å². The summed E-state index contributed by atoms with van der Waals surface area (Å²) in [4.78, 5) is 20.7. The predicted octanol–water partition coefficient (Wildman–Crippen LogP) is 5.29. The van der Waals surface area contributed by atoms with Crippen molar-refractivity contribution in [1.29, 1.82) is 0 Å². The molecule has 0 spiro atoms. The molecule has 0 aliphatic rings. The van der Waals surface area contributed by atoms with Crippen LogP contribution in [0.2, 0.25) is 0 Å². The third-order valence-electron chi connectivity index (χ3n) is 3.85. The number of hydrogen-bond donors (Lipinski definition) is 0. The Kier molecular flexibility index (Phi) is 4.35. The van der Waals surface area contributed by atoms with Gasteiger partial charge in [-0.05, 0) is 24.3 Å². The summed E-state index contributed by atoms with van der Waals surface area (Å²) in [6.45, 7) is 0. The molecular formula is C18H9BrF3N3OS. The Bertz CT molecular complexity index is 1200. The maximum Gasteiger partial charge on any atom is 0.450 e. The largest absolute Gasteiger partial charge is 0.450 e. The Hall–Kier alpha value is -2.52. The zero-order valence-corrected chi connectivity index (χ0v) is 15.8. The van der Waals surface area contributed by atoms with Crippen LogP contribution in [0.15, 0.2) is 63.2 Å². The van der Waals surface area contributed by atoms with Crippen LogP contribution in [0.5, 0.6) is 0 Å². The summed E-state index contributed by atoms with van der Waals surface area (Å²) in [5.74, 6) is -1.29. The van der Waals surface area contributed by atoms with Crippen LogP contribution in [0.25, 0.3) is 27.3 Å². The van der Waals surface area contributed by atoms with Gasteiger partial charge in [-0.3, -0.25) is 4.79 Å². The lowest BCUT2D eigenvalue weighted by molar-refractivity contribution is -0.146. The summed E-state index contributed by atoms with van der Waals surface area (Å²) in [5, 5.41) is 1.63. The number of fused-ring (bicyclic) bond motifs is 1. The maximum atomic E-state index is 13.6. The second kappa shape index (κ2) is 6.58. The molecule has 0 saturated carbocycles. The molecule has 4 aromatic rings. The minimum absolute atomic E-state index is 0.00392. The fourth-order valence-electron chi connectivity index (χ4n) is 2.62. The van der Waals surface area contributed by atoms with Crippen molar-refractivity contribution in [3.8, 4) is 16.4 Å². The quantitative estimate of drug-likeness (QED) is 0.415. The highest BCUT2D eigenvalue weighted by Crippen LogP contribution is 2.32. The van der Waals surface area contributed by atoms with Crippen LogP contribution in [-0.2, 0) is 6.18 Å². The Balaban J connectivity index is 1.95. The maximum absolute atomic E-state index is 13.6. The first-order chi connectivity index (χ1) is 12.8. The molecule has 136 valence electrons. The summed E-state index contributed by atoms with van der Waals surface area (Å²) in [6.07, 6.45) is -4.80. The summed E-state index contributed by atoms with van der Waals surface area (Å²) in [6, 6.07) is 13.1. The highest BCUT2D eigenvalue weighted by molar-refractivity contribution is 9.10. The smallest absolute Gasteiger partial charge is 0.268 e. The Morgan fingerprint density at radius 2 is 1.70 bits per heavy atom. The van der Waals surface area contributed by atoms with Crippen LogP contribution in [-0.4, -0.2) is 14.5 Å². The summed E-state index contributed by atoms with van der Waals surface area (Å²) < 4.78 is 42.1. The first-order valence-corrected chi connectivity index (χ1v) is 9.33. The molecule has 2 aromatic heterocycles. The van der Waals surface area contributed by atoms with Crippen LogP contribution in [0.1, 0.15) is 5.82 Å². The zero-order chi connectivity index (χ0) is 19.2. The van der Waals surface area contributed by atoms with Gasteiger partial charge >= 0.3 is 6.18 Å². The summed E-state index contributed by atoms with van der Waals surface area (Å²) >= 11 is 4.28. The van der Waals surface area contributed by atoms with Gasteiger partial charge in [-0.1, -0.05) is 40.2 Å². The lowest BCUT2D eigenvalue weighted by Crippen LogP contribution is -2.28. The van der Waals surface area contributed by atoms with Gasteiger partial charge in [0.2, 0.25) is 5.82 Å². The molecule has 0 aliphatic heterocycles. The van der Waals surface area contributed by atoms with Crippen molar-refractivity contribution in [3.63, 3.8) is 0 Å². The van der Waals surface area contributed by atoms with Crippen molar-refractivity contribution in [2.75, 3.05) is 0 Å². The van der Waals surface area contributed by atoms with Crippen molar-refractivity contribution in [2.45, 2.75) is 6.18 Å². The highest BCUT2D eigenvalue weighted by atomic mass is 79.9. The van der Waals surface area contributed by atoms with E-state index in [2.05, 4.69) is 25.9 Å². The molecule has 0 fully saturated rings. The third kappa shape index (κ3) is 3.28. The molecule has 0 saturated heterocycles. The number of para-hydroxylation sites is 1. The average Bonchev–Trinajstić information content (AvgIpc) is 3.11. The van der Waals surface area contributed by atoms with Gasteiger partial charge in [0.05, 0.1) is 16.6 Å². The third-order valence-corrected chi connectivity index (χ3v) is 5.21. The van der Waals surface area contributed by atoms with Crippen LogP contribution in [0.4, 0.5) is 13.2 Å². The van der Waals surface area contributed by atoms with Crippen molar-refractivity contribution >= 4 is 38.2 Å². The van der Waals surface area contributed by atoms with Crippen molar-refractivity contribution in [1.82, 2.24) is 14.5 Å². The van der Waals surface area contributed by atoms with Gasteiger partial charge < -0.3 is 0 Å². The van der Waals surface area contributed by atoms with Crippen LogP contribution >= 0.6 is 27.3 Å². The van der Waals surface area contributed by atoms with Gasteiger partial charge in [-0.2, -0.15) is 13.2 Å². The first kappa shape index (κ1) is 17.9. The molecule has 2 aromatic carbocycles. The molecule has 27 heavy (non-hydrogen) atoms. The molecule has 2 heterocycles. The van der Waals surface area contributed by atoms with E-state index >= 15 is 0 Å². The fourth-order valence-corrected chi connectivity index (χ4v) is 3.72. The van der Waals surface area contributed by atoms with E-state index in [1.807, 2.05) is 0 Å². The minimum Gasteiger partial charge on any atom is -0.268 e. The number of halogens is 4. The molecule has 0 unspecified atom stereocenters. The van der Waals surface area contributed by atoms with E-state index in [0.717, 1.165) is 21.4 Å². The lowest BCUT2D eigenvalue weighted by atomic mass is 10.2. The summed E-state index contributed by atoms with van der Waals surface area (Å²) in [5.41, 5.74) is 0.409. The summed E-state index contributed by atoms with van der Waals surface area (Å²) in [7, 11) is 0. The van der Waals surface area contributed by atoms with Crippen LogP contribution in [0.3, 0.4) is 0 Å². The van der Waals surface area contributed by atoms with Crippen LogP contribution < -0.4 is 5.56 Å². The second-order valence-electron chi connectivity index (χ2n) is 5.61. The number of alkyl halides is 3. The molecule has 0 amide bonds. The van der Waals surface area contributed by atoms with Gasteiger partial charge in [-0.15, -0.1) is 11.3 Å². The normalized spacial score (nSPS) is 11.9. The number of benzene rings is 2. The van der Waals surface area contributed by atoms with E-state index < -0.39 is 17.6 Å². The van der Waals surface area contributed by atoms with Crippen molar-refractivity contribution in [2.24, 2.45) is 0 Å². The molecule has 0 bridgehead atoms. The minimum atomic E-state index is -4.80. The SMILES string of the molecule is O=c1c2ccccc2nc(C(F)(F)F)n1-c1nc(-c2ccc(Br)cc2)cs1. The lowest BCUT2D eigenvalue weighted by Gasteiger charge is -2.13. The van der Waals surface area contributed by atoms with Gasteiger partial charge in [0.1, 0.15) is 0 Å². The monoisotopic (exact) mass is 451 g/mol. The standard InChI is InChI=1S/C18H9BrF3N3OS/c19-11-7-5-10(6-8-11)14-9-27-17(24-14)25-15(26)12-3-1-2-4-13(12)23-16(25)18(20,21)22/h1-9H. The zero-order valence-electron chi connectivity index (χ0n) is 13.4. The molecule has 0 atom stereocenters. The number of thiazole rings is 1. The van der Waals surface area contributed by atoms with Gasteiger partial charge in [0.15, 0.2) is 5.13 Å². The fraction of sp³-hybridized carbons (Fsp3) is 0.0556. The van der Waals surface area contributed by atoms with Crippen molar-refractivity contribution in [3.05, 3.63) is 74.6 Å². The van der Waals surface area contributed by atoms with E-state index in [-0.39, 0.29) is 16.0 Å². The van der Waals surface area contributed by atoms with Gasteiger partial charge in [0, 0.05) is 15.4 Å². The van der Waals surface area contributed by atoms with E-state index in [9.17, 15) is 18.0 Å². The Labute approximate surface area is 163 Å². The van der Waals surface area contributed by atoms with Gasteiger partial charge in [-0.25, -0.2) is 14.5 Å². The predicted molar refractivity (Wildman–Crippen MR) is 101 cm³/mol. The Morgan fingerprint density at radius 1 is 1.00 bits per heavy atom. The highest BCUT2D eigenvalue weighted by Gasteiger charge is 2.38. The van der Waals surface area contributed by atoms with E-state index in [0.29, 0.717) is 10.3 Å². The second-order valence-corrected chi connectivity index (χ2v) is 7.37. The molecule has 0 radical (unpaired) electrons. The molecule has 4 nitrogen and oxygen atoms in total. The van der Waals surface area contributed by atoms with Gasteiger partial charge in [0.25, 0.3) is 5.56 Å².